The van der Waals surface area contributed by atoms with Gasteiger partial charge in [0, 0.05) is 18.2 Å². The molecule has 2 aromatic rings. The Morgan fingerprint density at radius 1 is 1.15 bits per heavy atom. The molecule has 0 aliphatic rings. The average Bonchev–Trinajstić information content (AvgIpc) is 2.67. The van der Waals surface area contributed by atoms with Gasteiger partial charge in [0.05, 0.1) is 30.8 Å². The zero-order valence-electron chi connectivity index (χ0n) is 14.5. The van der Waals surface area contributed by atoms with Crippen LogP contribution in [0.25, 0.3) is 0 Å². The van der Waals surface area contributed by atoms with E-state index in [9.17, 15) is 20.0 Å². The van der Waals surface area contributed by atoms with E-state index >= 15 is 0 Å². The molecule has 0 saturated carbocycles. The van der Waals surface area contributed by atoms with Gasteiger partial charge >= 0.3 is 0 Å². The molecule has 8 heteroatoms. The third-order valence-corrected chi connectivity index (χ3v) is 3.85. The first-order valence-corrected chi connectivity index (χ1v) is 7.89. The average molecular weight is 360 g/mol. The molecule has 2 aromatic carbocycles. The first-order chi connectivity index (χ1) is 12.5. The summed E-state index contributed by atoms with van der Waals surface area (Å²) >= 11 is 0. The van der Waals surface area contributed by atoms with Crippen molar-refractivity contribution >= 4 is 11.6 Å². The van der Waals surface area contributed by atoms with Gasteiger partial charge in [-0.25, -0.2) is 0 Å². The van der Waals surface area contributed by atoms with Gasteiger partial charge < -0.3 is 19.9 Å². The van der Waals surface area contributed by atoms with Crippen molar-refractivity contribution < 1.29 is 24.3 Å². The van der Waals surface area contributed by atoms with Crippen molar-refractivity contribution in [2.75, 3.05) is 20.8 Å². The lowest BCUT2D eigenvalue weighted by Gasteiger charge is -2.13. The fraction of sp³-hybridized carbons (Fsp3) is 0.278. The van der Waals surface area contributed by atoms with Crippen molar-refractivity contribution in [1.82, 2.24) is 5.32 Å². The lowest BCUT2D eigenvalue weighted by atomic mass is 10.0. The smallest absolute Gasteiger partial charge is 0.275 e. The number of nitrogens with zero attached hydrogens (tertiary/aromatic N) is 1. The molecular formula is C18H20N2O6. The van der Waals surface area contributed by atoms with Gasteiger partial charge in [-0.15, -0.1) is 0 Å². The molecule has 2 rings (SSSR count). The highest BCUT2D eigenvalue weighted by molar-refractivity contribution is 5.94. The molecule has 26 heavy (non-hydrogen) atoms. The quantitative estimate of drug-likeness (QED) is 0.553. The standard InChI is InChI=1S/C18H20N2O6/c1-25-13-5-3-12(4-6-13)18(22)19-10-9-17(21)15-11-14(26-2)7-8-16(15)20(23)24/h3-8,11,17,21H,9-10H2,1-2H3,(H,19,22). The monoisotopic (exact) mass is 360 g/mol. The number of aliphatic hydroxyl groups excluding tert-OH is 1. The van der Waals surface area contributed by atoms with Crippen molar-refractivity contribution in [2.45, 2.75) is 12.5 Å². The molecule has 8 nitrogen and oxygen atoms in total. The normalized spacial score (nSPS) is 11.5. The van der Waals surface area contributed by atoms with E-state index < -0.39 is 11.0 Å². The third kappa shape index (κ3) is 4.70. The maximum atomic E-state index is 12.1. The molecule has 2 N–H and O–H groups in total. The van der Waals surface area contributed by atoms with Crippen molar-refractivity contribution in [3.63, 3.8) is 0 Å². The summed E-state index contributed by atoms with van der Waals surface area (Å²) in [4.78, 5) is 22.6. The molecule has 1 amide bonds. The number of nitrogens with one attached hydrogen (secondary N) is 1. The van der Waals surface area contributed by atoms with Gasteiger partial charge in [-0.05, 0) is 42.8 Å². The van der Waals surface area contributed by atoms with Crippen LogP contribution in [0.2, 0.25) is 0 Å². The van der Waals surface area contributed by atoms with Gasteiger partial charge in [-0.1, -0.05) is 0 Å². The Bertz CT molecular complexity index is 776. The first-order valence-electron chi connectivity index (χ1n) is 7.89. The van der Waals surface area contributed by atoms with Crippen LogP contribution in [0.5, 0.6) is 11.5 Å². The second-order valence-electron chi connectivity index (χ2n) is 5.47. The number of amides is 1. The minimum absolute atomic E-state index is 0.121. The molecule has 0 bridgehead atoms. The van der Waals surface area contributed by atoms with Crippen LogP contribution in [0.4, 0.5) is 5.69 Å². The van der Waals surface area contributed by atoms with Gasteiger partial charge in [0.25, 0.3) is 11.6 Å². The first kappa shape index (κ1) is 19.2. The molecular weight excluding hydrogens is 340 g/mol. The van der Waals surface area contributed by atoms with Crippen LogP contribution in [0.15, 0.2) is 42.5 Å². The number of ether oxygens (including phenoxy) is 2. The van der Waals surface area contributed by atoms with Crippen LogP contribution < -0.4 is 14.8 Å². The van der Waals surface area contributed by atoms with Crippen molar-refractivity contribution in [2.24, 2.45) is 0 Å². The van der Waals surface area contributed by atoms with Gasteiger partial charge in [-0.2, -0.15) is 0 Å². The Hall–Kier alpha value is -3.13. The molecule has 0 fully saturated rings. The number of carbonyl (C=O) groups is 1. The summed E-state index contributed by atoms with van der Waals surface area (Å²) < 4.78 is 10.1. The summed E-state index contributed by atoms with van der Waals surface area (Å²) in [5.74, 6) is 0.745. The van der Waals surface area contributed by atoms with Crippen LogP contribution in [0.1, 0.15) is 28.4 Å². The Morgan fingerprint density at radius 3 is 2.35 bits per heavy atom. The summed E-state index contributed by atoms with van der Waals surface area (Å²) in [5, 5.41) is 24.1. The van der Waals surface area contributed by atoms with Crippen LogP contribution >= 0.6 is 0 Å². The molecule has 0 saturated heterocycles. The molecule has 1 unspecified atom stereocenters. The van der Waals surface area contributed by atoms with Crippen LogP contribution in [-0.2, 0) is 0 Å². The molecule has 0 aliphatic heterocycles. The number of hydrogen-bond donors (Lipinski definition) is 2. The lowest BCUT2D eigenvalue weighted by molar-refractivity contribution is -0.386. The Morgan fingerprint density at radius 2 is 1.77 bits per heavy atom. The lowest BCUT2D eigenvalue weighted by Crippen LogP contribution is -2.25. The summed E-state index contributed by atoms with van der Waals surface area (Å²) in [6, 6.07) is 10.8. The van der Waals surface area contributed by atoms with E-state index in [-0.39, 0.29) is 30.1 Å². The summed E-state index contributed by atoms with van der Waals surface area (Å²) in [7, 11) is 2.97. The van der Waals surface area contributed by atoms with E-state index in [1.165, 1.54) is 32.4 Å². The number of nitro benzene ring substituents is 1. The summed E-state index contributed by atoms with van der Waals surface area (Å²) in [6.07, 6.45) is -0.989. The second-order valence-corrected chi connectivity index (χ2v) is 5.47. The van der Waals surface area contributed by atoms with Gasteiger partial charge in [0.1, 0.15) is 11.5 Å². The zero-order chi connectivity index (χ0) is 19.1. The fourth-order valence-corrected chi connectivity index (χ4v) is 2.42. The van der Waals surface area contributed by atoms with Crippen LogP contribution in [0.3, 0.4) is 0 Å². The molecule has 1 atom stereocenters. The topological polar surface area (TPSA) is 111 Å². The summed E-state index contributed by atoms with van der Waals surface area (Å²) in [5.41, 5.74) is 0.403. The van der Waals surface area contributed by atoms with Crippen LogP contribution in [0, 0.1) is 10.1 Å². The number of carbonyl (C=O) groups excluding carboxylic acids is 1. The molecule has 0 aromatic heterocycles. The SMILES string of the molecule is COc1ccc(C(=O)NCCC(O)c2cc(OC)ccc2[N+](=O)[O-])cc1. The molecule has 0 heterocycles. The van der Waals surface area contributed by atoms with Gasteiger partial charge in [0.2, 0.25) is 0 Å². The Labute approximate surface area is 150 Å². The van der Waals surface area contributed by atoms with E-state index in [1.807, 2.05) is 0 Å². The fourth-order valence-electron chi connectivity index (χ4n) is 2.42. The molecule has 0 radical (unpaired) electrons. The number of hydrogen-bond acceptors (Lipinski definition) is 6. The Kier molecular flexibility index (Phi) is 6.51. The van der Waals surface area contributed by atoms with Crippen molar-refractivity contribution in [1.29, 1.82) is 0 Å². The van der Waals surface area contributed by atoms with E-state index in [1.54, 1.807) is 24.3 Å². The predicted molar refractivity (Wildman–Crippen MR) is 94.6 cm³/mol. The Balaban J connectivity index is 1.98. The zero-order valence-corrected chi connectivity index (χ0v) is 14.5. The molecule has 0 aliphatic carbocycles. The van der Waals surface area contributed by atoms with Crippen molar-refractivity contribution in [3.05, 3.63) is 63.7 Å². The number of benzene rings is 2. The largest absolute Gasteiger partial charge is 0.497 e. The van der Waals surface area contributed by atoms with E-state index in [2.05, 4.69) is 5.32 Å². The highest BCUT2D eigenvalue weighted by Crippen LogP contribution is 2.30. The third-order valence-electron chi connectivity index (χ3n) is 3.85. The van der Waals surface area contributed by atoms with E-state index in [4.69, 9.17) is 9.47 Å². The highest BCUT2D eigenvalue weighted by Gasteiger charge is 2.21. The van der Waals surface area contributed by atoms with E-state index in [0.29, 0.717) is 17.1 Å². The summed E-state index contributed by atoms with van der Waals surface area (Å²) in [6.45, 7) is 0.153. The maximum Gasteiger partial charge on any atom is 0.275 e. The number of methoxy groups -OCH3 is 2. The predicted octanol–water partition coefficient (Wildman–Crippen LogP) is 2.47. The number of nitro groups is 1. The maximum absolute atomic E-state index is 12.1. The van der Waals surface area contributed by atoms with Crippen LogP contribution in [-0.4, -0.2) is 36.7 Å². The highest BCUT2D eigenvalue weighted by atomic mass is 16.6. The van der Waals surface area contributed by atoms with Crippen molar-refractivity contribution in [3.8, 4) is 11.5 Å². The minimum Gasteiger partial charge on any atom is -0.497 e. The second kappa shape index (κ2) is 8.82. The van der Waals surface area contributed by atoms with Gasteiger partial charge in [-0.3, -0.25) is 14.9 Å². The minimum atomic E-state index is -1.11. The number of rotatable bonds is 8. The molecule has 138 valence electrons. The number of aliphatic hydroxyl groups is 1. The van der Waals surface area contributed by atoms with E-state index in [0.717, 1.165) is 0 Å². The van der Waals surface area contributed by atoms with Gasteiger partial charge in [0.15, 0.2) is 0 Å². The molecule has 0 spiro atoms.